The summed E-state index contributed by atoms with van der Waals surface area (Å²) in [5.74, 6) is -0.439. The van der Waals surface area contributed by atoms with Crippen LogP contribution in [0.3, 0.4) is 0 Å². The van der Waals surface area contributed by atoms with Gasteiger partial charge >= 0.3 is 0 Å². The maximum atomic E-state index is 13.6. The van der Waals surface area contributed by atoms with Crippen LogP contribution in [0.25, 0.3) is 0 Å². The lowest BCUT2D eigenvalue weighted by atomic mass is 10.1. The Labute approximate surface area is 135 Å². The molecule has 0 spiro atoms. The fourth-order valence-corrected chi connectivity index (χ4v) is 3.16. The van der Waals surface area contributed by atoms with Crippen LogP contribution in [0, 0.1) is 5.82 Å². The van der Waals surface area contributed by atoms with Gasteiger partial charge in [0.15, 0.2) is 0 Å². The van der Waals surface area contributed by atoms with Crippen molar-refractivity contribution in [2.45, 2.75) is 25.9 Å². The lowest BCUT2D eigenvalue weighted by Gasteiger charge is -2.31. The number of benzene rings is 1. The summed E-state index contributed by atoms with van der Waals surface area (Å²) in [5, 5.41) is 3.99. The Kier molecular flexibility index (Phi) is 6.26. The number of hydrogen-bond acceptors (Lipinski definition) is 3. The van der Waals surface area contributed by atoms with Crippen LogP contribution in [0.1, 0.15) is 25.5 Å². The Morgan fingerprint density at radius 3 is 2.57 bits per heavy atom. The van der Waals surface area contributed by atoms with Crippen molar-refractivity contribution >= 4 is 23.2 Å². The minimum atomic E-state index is -0.439. The summed E-state index contributed by atoms with van der Waals surface area (Å²) in [4.78, 5) is 2.36. The van der Waals surface area contributed by atoms with E-state index < -0.39 is 5.82 Å². The van der Waals surface area contributed by atoms with Crippen molar-refractivity contribution in [2.75, 3.05) is 32.8 Å². The molecule has 1 aromatic carbocycles. The van der Waals surface area contributed by atoms with E-state index in [1.807, 2.05) is 6.92 Å². The Morgan fingerprint density at radius 1 is 1.24 bits per heavy atom. The summed E-state index contributed by atoms with van der Waals surface area (Å²) >= 11 is 11.9. The van der Waals surface area contributed by atoms with Gasteiger partial charge in [0.05, 0.1) is 18.2 Å². The van der Waals surface area contributed by atoms with Crippen LogP contribution >= 0.6 is 23.2 Å². The van der Waals surface area contributed by atoms with Gasteiger partial charge in [-0.05, 0) is 31.5 Å². The van der Waals surface area contributed by atoms with Crippen LogP contribution in [0.4, 0.5) is 4.39 Å². The highest BCUT2D eigenvalue weighted by Crippen LogP contribution is 2.28. The highest BCUT2D eigenvalue weighted by Gasteiger charge is 2.18. The van der Waals surface area contributed by atoms with Gasteiger partial charge in [0.25, 0.3) is 0 Å². The fourth-order valence-electron chi connectivity index (χ4n) is 2.61. The van der Waals surface area contributed by atoms with Crippen LogP contribution in [0.15, 0.2) is 12.1 Å². The van der Waals surface area contributed by atoms with Crippen molar-refractivity contribution in [2.24, 2.45) is 0 Å². The van der Waals surface area contributed by atoms with Gasteiger partial charge in [-0.1, -0.05) is 23.2 Å². The predicted octanol–water partition coefficient (Wildman–Crippen LogP) is 3.50. The fraction of sp³-hybridized carbons (Fsp3) is 0.600. The Hall–Kier alpha value is -0.390. The molecule has 3 nitrogen and oxygen atoms in total. The number of morpholine rings is 1. The molecule has 2 unspecified atom stereocenters. The topological polar surface area (TPSA) is 24.5 Å². The van der Waals surface area contributed by atoms with Crippen LogP contribution in [0.5, 0.6) is 0 Å². The van der Waals surface area contributed by atoms with E-state index in [-0.39, 0.29) is 17.1 Å². The van der Waals surface area contributed by atoms with Gasteiger partial charge in [0, 0.05) is 36.7 Å². The van der Waals surface area contributed by atoms with Gasteiger partial charge in [-0.15, -0.1) is 0 Å². The Morgan fingerprint density at radius 2 is 1.90 bits per heavy atom. The van der Waals surface area contributed by atoms with Gasteiger partial charge in [0.1, 0.15) is 5.82 Å². The number of rotatable bonds is 5. The quantitative estimate of drug-likeness (QED) is 0.834. The Bertz CT molecular complexity index is 481. The van der Waals surface area contributed by atoms with E-state index in [4.69, 9.17) is 27.9 Å². The highest BCUT2D eigenvalue weighted by molar-refractivity contribution is 6.35. The van der Waals surface area contributed by atoms with Gasteiger partial charge in [-0.3, -0.25) is 4.90 Å². The summed E-state index contributed by atoms with van der Waals surface area (Å²) in [5.41, 5.74) is 0.729. The maximum Gasteiger partial charge on any atom is 0.142 e. The monoisotopic (exact) mass is 334 g/mol. The standard InChI is InChI=1S/C15H21Cl2FN2O/c1-10(9-20-3-5-21-6-4-20)19-11(2)12-7-15(18)14(17)8-13(12)16/h7-8,10-11,19H,3-6,9H2,1-2H3. The van der Waals surface area contributed by atoms with E-state index in [0.29, 0.717) is 5.02 Å². The summed E-state index contributed by atoms with van der Waals surface area (Å²) in [6.07, 6.45) is 0. The van der Waals surface area contributed by atoms with Crippen LogP contribution in [-0.2, 0) is 4.74 Å². The average molecular weight is 335 g/mol. The molecule has 1 aromatic rings. The second kappa shape index (κ2) is 7.75. The molecule has 1 N–H and O–H groups in total. The van der Waals surface area contributed by atoms with Crippen LogP contribution in [0.2, 0.25) is 10.0 Å². The summed E-state index contributed by atoms with van der Waals surface area (Å²) in [6.45, 7) is 8.51. The molecule has 2 rings (SSSR count). The summed E-state index contributed by atoms with van der Waals surface area (Å²) in [7, 11) is 0. The average Bonchev–Trinajstić information content (AvgIpc) is 2.43. The summed E-state index contributed by atoms with van der Waals surface area (Å²) in [6, 6.07) is 3.09. The van der Waals surface area contributed by atoms with E-state index in [1.165, 1.54) is 12.1 Å². The molecule has 0 amide bonds. The largest absolute Gasteiger partial charge is 0.379 e. The molecular weight excluding hydrogens is 314 g/mol. The first kappa shape index (κ1) is 17.0. The third-order valence-electron chi connectivity index (χ3n) is 3.68. The van der Waals surface area contributed by atoms with Crippen molar-refractivity contribution in [1.82, 2.24) is 10.2 Å². The smallest absolute Gasteiger partial charge is 0.142 e. The molecule has 1 heterocycles. The van der Waals surface area contributed by atoms with Crippen molar-refractivity contribution in [3.05, 3.63) is 33.6 Å². The first-order valence-corrected chi connectivity index (χ1v) is 7.93. The predicted molar refractivity (Wildman–Crippen MR) is 84.7 cm³/mol. The van der Waals surface area contributed by atoms with Crippen LogP contribution in [-0.4, -0.2) is 43.8 Å². The number of halogens is 3. The molecule has 21 heavy (non-hydrogen) atoms. The molecule has 1 aliphatic rings. The van der Waals surface area contributed by atoms with Crippen LogP contribution < -0.4 is 5.32 Å². The normalized spacial score (nSPS) is 19.5. The maximum absolute atomic E-state index is 13.6. The molecule has 0 aromatic heterocycles. The number of hydrogen-bond donors (Lipinski definition) is 1. The lowest BCUT2D eigenvalue weighted by molar-refractivity contribution is 0.0339. The van der Waals surface area contributed by atoms with E-state index in [2.05, 4.69) is 17.1 Å². The number of nitrogens with one attached hydrogen (secondary N) is 1. The molecular formula is C15H21Cl2FN2O. The van der Waals surface area contributed by atoms with Crippen molar-refractivity contribution in [1.29, 1.82) is 0 Å². The van der Waals surface area contributed by atoms with Gasteiger partial charge < -0.3 is 10.1 Å². The molecule has 6 heteroatoms. The number of ether oxygens (including phenoxy) is 1. The van der Waals surface area contributed by atoms with E-state index >= 15 is 0 Å². The summed E-state index contributed by atoms with van der Waals surface area (Å²) < 4.78 is 18.9. The molecule has 1 aliphatic heterocycles. The zero-order valence-electron chi connectivity index (χ0n) is 12.3. The molecule has 0 saturated carbocycles. The van der Waals surface area contributed by atoms with E-state index in [9.17, 15) is 4.39 Å². The number of nitrogens with zero attached hydrogens (tertiary/aromatic N) is 1. The minimum Gasteiger partial charge on any atom is -0.379 e. The zero-order chi connectivity index (χ0) is 15.4. The molecule has 2 atom stereocenters. The van der Waals surface area contributed by atoms with Gasteiger partial charge in [0.2, 0.25) is 0 Å². The molecule has 1 fully saturated rings. The van der Waals surface area contributed by atoms with Crippen molar-refractivity contribution in [3.8, 4) is 0 Å². The molecule has 118 valence electrons. The van der Waals surface area contributed by atoms with Gasteiger partial charge in [-0.2, -0.15) is 0 Å². The van der Waals surface area contributed by atoms with Crippen molar-refractivity contribution in [3.63, 3.8) is 0 Å². The highest BCUT2D eigenvalue weighted by atomic mass is 35.5. The van der Waals surface area contributed by atoms with Crippen molar-refractivity contribution < 1.29 is 9.13 Å². The lowest BCUT2D eigenvalue weighted by Crippen LogP contribution is -2.45. The third-order valence-corrected chi connectivity index (χ3v) is 4.29. The third kappa shape index (κ3) is 4.80. The molecule has 0 bridgehead atoms. The zero-order valence-corrected chi connectivity index (χ0v) is 13.8. The SMILES string of the molecule is CC(CN1CCOCC1)NC(C)c1cc(F)c(Cl)cc1Cl. The second-order valence-corrected chi connectivity index (χ2v) is 6.30. The Balaban J connectivity index is 1.93. The van der Waals surface area contributed by atoms with Gasteiger partial charge in [-0.25, -0.2) is 4.39 Å². The second-order valence-electron chi connectivity index (χ2n) is 5.49. The molecule has 0 radical (unpaired) electrons. The first-order chi connectivity index (χ1) is 9.97. The van der Waals surface area contributed by atoms with E-state index in [1.54, 1.807) is 0 Å². The molecule has 0 aliphatic carbocycles. The van der Waals surface area contributed by atoms with E-state index in [0.717, 1.165) is 38.4 Å². The molecule has 1 saturated heterocycles. The minimum absolute atomic E-state index is 0.0414. The first-order valence-electron chi connectivity index (χ1n) is 7.18.